The van der Waals surface area contributed by atoms with Crippen molar-refractivity contribution < 1.29 is 19.1 Å². The molecule has 1 unspecified atom stereocenters. The molecule has 1 aromatic heterocycles. The van der Waals surface area contributed by atoms with E-state index in [1.54, 1.807) is 17.4 Å². The lowest BCUT2D eigenvalue weighted by Gasteiger charge is -2.12. The Morgan fingerprint density at radius 2 is 1.94 bits per heavy atom. The molecule has 7 heteroatoms. The number of carbonyl (C=O) groups excluding carboxylic acids is 2. The van der Waals surface area contributed by atoms with Crippen LogP contribution < -0.4 is 5.32 Å². The first kappa shape index (κ1) is 20.6. The third-order valence-corrected chi connectivity index (χ3v) is 6.60. The van der Waals surface area contributed by atoms with Gasteiger partial charge in [0, 0.05) is 24.1 Å². The monoisotopic (exact) mass is 446 g/mol. The van der Waals surface area contributed by atoms with Crippen LogP contribution in [0.25, 0.3) is 31.6 Å². The molecular formula is C25H22N2O4S. The van der Waals surface area contributed by atoms with Crippen molar-refractivity contribution in [1.82, 2.24) is 10.3 Å². The Kier molecular flexibility index (Phi) is 5.83. The van der Waals surface area contributed by atoms with Crippen LogP contribution in [0.2, 0.25) is 0 Å². The number of ether oxygens (including phenoxy) is 2. The molecule has 162 valence electrons. The van der Waals surface area contributed by atoms with Gasteiger partial charge < -0.3 is 14.8 Å². The van der Waals surface area contributed by atoms with E-state index in [1.165, 1.54) is 0 Å². The number of aromatic nitrogens is 1. The number of para-hydroxylation sites is 1. The van der Waals surface area contributed by atoms with Gasteiger partial charge in [0.25, 0.3) is 5.91 Å². The molecule has 0 saturated carbocycles. The highest BCUT2D eigenvalue weighted by atomic mass is 32.1. The maximum absolute atomic E-state index is 12.9. The lowest BCUT2D eigenvalue weighted by Crippen LogP contribution is -2.34. The second-order valence-corrected chi connectivity index (χ2v) is 8.74. The Labute approximate surface area is 189 Å². The van der Waals surface area contributed by atoms with Gasteiger partial charge in [-0.2, -0.15) is 0 Å². The number of hydrogen-bond acceptors (Lipinski definition) is 6. The molecule has 2 heterocycles. The minimum Gasteiger partial charge on any atom is -0.452 e. The molecule has 32 heavy (non-hydrogen) atoms. The maximum atomic E-state index is 12.9. The van der Waals surface area contributed by atoms with Crippen LogP contribution in [0.3, 0.4) is 0 Å². The molecule has 0 spiro atoms. The molecule has 0 bridgehead atoms. The van der Waals surface area contributed by atoms with Gasteiger partial charge in [0.15, 0.2) is 6.61 Å². The highest BCUT2D eigenvalue weighted by molar-refractivity contribution is 7.21. The van der Waals surface area contributed by atoms with Crippen LogP contribution in [0.15, 0.2) is 60.7 Å². The number of esters is 1. The van der Waals surface area contributed by atoms with Crippen molar-refractivity contribution >= 4 is 44.2 Å². The van der Waals surface area contributed by atoms with Crippen molar-refractivity contribution in [1.29, 1.82) is 0 Å². The Hall–Kier alpha value is -3.29. The highest BCUT2D eigenvalue weighted by Crippen LogP contribution is 2.36. The number of fused-ring (bicyclic) bond motifs is 2. The minimum absolute atomic E-state index is 0.0454. The molecule has 5 rings (SSSR count). The molecule has 1 saturated heterocycles. The summed E-state index contributed by atoms with van der Waals surface area (Å²) < 4.78 is 11.9. The van der Waals surface area contributed by atoms with Crippen LogP contribution in [0.4, 0.5) is 0 Å². The molecule has 1 N–H and O–H groups in total. The molecule has 0 radical (unpaired) electrons. The zero-order valence-electron chi connectivity index (χ0n) is 17.4. The number of rotatable bonds is 6. The fourth-order valence-corrected chi connectivity index (χ4v) is 4.97. The molecule has 3 aromatic carbocycles. The topological polar surface area (TPSA) is 77.5 Å². The Morgan fingerprint density at radius 1 is 1.09 bits per heavy atom. The average molecular weight is 447 g/mol. The number of nitrogens with one attached hydrogen (secondary N) is 1. The largest absolute Gasteiger partial charge is 0.452 e. The molecule has 1 amide bonds. The van der Waals surface area contributed by atoms with Crippen LogP contribution in [0, 0.1) is 0 Å². The van der Waals surface area contributed by atoms with Gasteiger partial charge in [-0.25, -0.2) is 9.78 Å². The average Bonchev–Trinajstić information content (AvgIpc) is 3.50. The predicted octanol–water partition coefficient (Wildman–Crippen LogP) is 4.57. The number of hydrogen-bond donors (Lipinski definition) is 1. The van der Waals surface area contributed by atoms with E-state index in [4.69, 9.17) is 14.5 Å². The standard InChI is InChI=1S/C25H22N2O4S/c28-22(26-14-17-8-5-13-30-17)15-31-25(29)19-10-4-7-16-6-3-9-18(23(16)19)24-27-20-11-1-2-12-21(20)32-24/h1-4,6-7,9-12,17H,5,8,13-15H2,(H,26,28). The van der Waals surface area contributed by atoms with Crippen LogP contribution >= 0.6 is 11.3 Å². The Balaban J connectivity index is 1.38. The zero-order chi connectivity index (χ0) is 21.9. The van der Waals surface area contributed by atoms with Crippen LogP contribution in [-0.4, -0.2) is 42.7 Å². The third-order valence-electron chi connectivity index (χ3n) is 5.53. The lowest BCUT2D eigenvalue weighted by molar-refractivity contribution is -0.124. The summed E-state index contributed by atoms with van der Waals surface area (Å²) in [5.41, 5.74) is 2.22. The number of carbonyl (C=O) groups is 2. The molecule has 1 atom stereocenters. The van der Waals surface area contributed by atoms with Gasteiger partial charge in [0.2, 0.25) is 0 Å². The van der Waals surface area contributed by atoms with Crippen molar-refractivity contribution in [2.75, 3.05) is 19.8 Å². The van der Waals surface area contributed by atoms with E-state index in [-0.39, 0.29) is 18.6 Å². The maximum Gasteiger partial charge on any atom is 0.339 e. The van der Waals surface area contributed by atoms with Crippen molar-refractivity contribution in [2.24, 2.45) is 0 Å². The lowest BCUT2D eigenvalue weighted by atomic mass is 9.99. The summed E-state index contributed by atoms with van der Waals surface area (Å²) in [5, 5.41) is 5.30. The smallest absolute Gasteiger partial charge is 0.339 e. The van der Waals surface area contributed by atoms with Gasteiger partial charge >= 0.3 is 5.97 Å². The first-order chi connectivity index (χ1) is 15.7. The quantitative estimate of drug-likeness (QED) is 0.439. The second-order valence-electron chi connectivity index (χ2n) is 7.71. The van der Waals surface area contributed by atoms with Crippen LogP contribution in [0.1, 0.15) is 23.2 Å². The van der Waals surface area contributed by atoms with Gasteiger partial charge in [-0.1, -0.05) is 42.5 Å². The van der Waals surface area contributed by atoms with E-state index >= 15 is 0 Å². The van der Waals surface area contributed by atoms with Crippen LogP contribution in [-0.2, 0) is 14.3 Å². The molecule has 0 aliphatic carbocycles. The summed E-state index contributed by atoms with van der Waals surface area (Å²) in [6.45, 7) is 0.839. The molecule has 1 aliphatic heterocycles. The molecular weight excluding hydrogens is 424 g/mol. The number of nitrogens with zero attached hydrogens (tertiary/aromatic N) is 1. The summed E-state index contributed by atoms with van der Waals surface area (Å²) in [6, 6.07) is 19.3. The van der Waals surface area contributed by atoms with Crippen molar-refractivity contribution in [3.05, 3.63) is 66.2 Å². The summed E-state index contributed by atoms with van der Waals surface area (Å²) in [4.78, 5) is 29.8. The summed E-state index contributed by atoms with van der Waals surface area (Å²) in [6.07, 6.45) is 1.99. The van der Waals surface area contributed by atoms with E-state index in [2.05, 4.69) is 5.32 Å². The SMILES string of the molecule is O=C(COC(=O)c1cccc2cccc(-c3nc4ccccc4s3)c12)NCC1CCCO1. The summed E-state index contributed by atoms with van der Waals surface area (Å²) in [7, 11) is 0. The molecule has 1 fully saturated rings. The van der Waals surface area contributed by atoms with Gasteiger partial charge in [-0.3, -0.25) is 4.79 Å². The Bertz CT molecular complexity index is 1260. The van der Waals surface area contributed by atoms with E-state index < -0.39 is 5.97 Å². The number of benzene rings is 3. The highest BCUT2D eigenvalue weighted by Gasteiger charge is 2.19. The normalized spacial score (nSPS) is 15.8. The van der Waals surface area contributed by atoms with Crippen molar-refractivity contribution in [2.45, 2.75) is 18.9 Å². The van der Waals surface area contributed by atoms with Gasteiger partial charge in [-0.15, -0.1) is 11.3 Å². The zero-order valence-corrected chi connectivity index (χ0v) is 18.2. The summed E-state index contributed by atoms with van der Waals surface area (Å²) in [5.74, 6) is -0.864. The van der Waals surface area contributed by atoms with E-state index in [1.807, 2.05) is 54.6 Å². The third kappa shape index (κ3) is 4.22. The van der Waals surface area contributed by atoms with Gasteiger partial charge in [0.1, 0.15) is 5.01 Å². The molecule has 4 aromatic rings. The molecule has 1 aliphatic rings. The summed E-state index contributed by atoms with van der Waals surface area (Å²) >= 11 is 1.58. The van der Waals surface area contributed by atoms with Crippen LogP contribution in [0.5, 0.6) is 0 Å². The Morgan fingerprint density at radius 3 is 2.75 bits per heavy atom. The predicted molar refractivity (Wildman–Crippen MR) is 125 cm³/mol. The fraction of sp³-hybridized carbons (Fsp3) is 0.240. The van der Waals surface area contributed by atoms with Gasteiger partial charge in [-0.05, 0) is 36.4 Å². The van der Waals surface area contributed by atoms with Crippen molar-refractivity contribution in [3.8, 4) is 10.6 Å². The minimum atomic E-state index is -0.531. The van der Waals surface area contributed by atoms with Crippen molar-refractivity contribution in [3.63, 3.8) is 0 Å². The first-order valence-electron chi connectivity index (χ1n) is 10.6. The number of thiazole rings is 1. The second kappa shape index (κ2) is 9.06. The first-order valence-corrected chi connectivity index (χ1v) is 11.4. The van der Waals surface area contributed by atoms with E-state index in [9.17, 15) is 9.59 Å². The molecule has 6 nitrogen and oxygen atoms in total. The van der Waals surface area contributed by atoms with E-state index in [0.29, 0.717) is 12.1 Å². The van der Waals surface area contributed by atoms with Gasteiger partial charge in [0.05, 0.1) is 21.9 Å². The number of amides is 1. The fourth-order valence-electron chi connectivity index (χ4n) is 3.97. The van der Waals surface area contributed by atoms with E-state index in [0.717, 1.165) is 51.0 Å².